The lowest BCUT2D eigenvalue weighted by atomic mass is 9.91. The zero-order chi connectivity index (χ0) is 26.4. The fourth-order valence-corrected chi connectivity index (χ4v) is 5.45. The molecule has 0 bridgehead atoms. The van der Waals surface area contributed by atoms with Crippen LogP contribution in [0, 0.1) is 0 Å². The van der Waals surface area contributed by atoms with Gasteiger partial charge in [0.15, 0.2) is 0 Å². The molecule has 0 unspecified atom stereocenters. The number of benzene rings is 1. The summed E-state index contributed by atoms with van der Waals surface area (Å²) in [4.78, 5) is 14.5. The Morgan fingerprint density at radius 3 is 2.70 bits per heavy atom. The van der Waals surface area contributed by atoms with Crippen LogP contribution >= 0.6 is 0 Å². The Balaban J connectivity index is 1.56. The molecule has 1 saturated carbocycles. The fraction of sp³-hybridized carbons (Fsp3) is 0.571. The quantitative estimate of drug-likeness (QED) is 0.358. The number of amides is 1. The Hall–Kier alpha value is -3.04. The summed E-state index contributed by atoms with van der Waals surface area (Å²) in [5.41, 5.74) is 15.4. The lowest BCUT2D eigenvalue weighted by Gasteiger charge is -2.35. The fourth-order valence-electron chi connectivity index (χ4n) is 5.45. The molecule has 2 aliphatic rings. The van der Waals surface area contributed by atoms with Gasteiger partial charge in [-0.1, -0.05) is 26.2 Å². The van der Waals surface area contributed by atoms with Crippen molar-refractivity contribution in [1.82, 2.24) is 20.0 Å². The van der Waals surface area contributed by atoms with Crippen molar-refractivity contribution in [3.63, 3.8) is 0 Å². The van der Waals surface area contributed by atoms with Gasteiger partial charge in [0, 0.05) is 49.1 Å². The van der Waals surface area contributed by atoms with Gasteiger partial charge in [-0.2, -0.15) is 5.10 Å². The van der Waals surface area contributed by atoms with Gasteiger partial charge in [0.05, 0.1) is 17.8 Å². The Labute approximate surface area is 220 Å². The van der Waals surface area contributed by atoms with Gasteiger partial charge in [0.2, 0.25) is 0 Å². The normalized spacial score (nSPS) is 22.0. The first kappa shape index (κ1) is 27.0. The van der Waals surface area contributed by atoms with Gasteiger partial charge in [-0.15, -0.1) is 0 Å². The maximum Gasteiger partial charge on any atom is 0.267 e. The highest BCUT2D eigenvalue weighted by Crippen LogP contribution is 2.28. The number of hydrogen-bond donors (Lipinski definition) is 4. The van der Waals surface area contributed by atoms with Crippen LogP contribution in [0.3, 0.4) is 0 Å². The summed E-state index contributed by atoms with van der Waals surface area (Å²) in [6, 6.07) is 6.81. The lowest BCUT2D eigenvalue weighted by molar-refractivity contribution is -0.115. The molecule has 4 rings (SSSR count). The highest BCUT2D eigenvalue weighted by molar-refractivity contribution is 5.93. The van der Waals surface area contributed by atoms with Crippen molar-refractivity contribution in [2.45, 2.75) is 83.3 Å². The number of allylic oxidation sites excluding steroid dienone is 2. The second kappa shape index (κ2) is 12.5. The number of carbonyl (C=O) groups excluding carboxylic acids is 1. The molecule has 0 spiro atoms. The third-order valence-electron chi connectivity index (χ3n) is 7.53. The van der Waals surface area contributed by atoms with Crippen molar-refractivity contribution in [3.8, 4) is 0 Å². The number of nitrogens with two attached hydrogens (primary N) is 2. The number of anilines is 1. The third-order valence-corrected chi connectivity index (χ3v) is 7.53. The zero-order valence-electron chi connectivity index (χ0n) is 22.5. The number of nitrogens with one attached hydrogen (secondary N) is 2. The molecule has 1 aromatic heterocycles. The molecule has 202 valence electrons. The third kappa shape index (κ3) is 6.45. The molecule has 6 N–H and O–H groups in total. The summed E-state index contributed by atoms with van der Waals surface area (Å²) in [7, 11) is 1.88. The summed E-state index contributed by atoms with van der Waals surface area (Å²) in [5.74, 6) is 0.380. The van der Waals surface area contributed by atoms with Crippen LogP contribution in [-0.2, 0) is 9.53 Å². The highest BCUT2D eigenvalue weighted by Gasteiger charge is 2.26. The van der Waals surface area contributed by atoms with Crippen molar-refractivity contribution < 1.29 is 9.53 Å². The number of fused-ring (bicyclic) bond motifs is 1. The zero-order valence-corrected chi connectivity index (χ0v) is 22.5. The minimum Gasteiger partial charge on any atom is -0.381 e. The molecule has 2 fully saturated rings. The lowest BCUT2D eigenvalue weighted by Crippen LogP contribution is -2.49. The Kier molecular flexibility index (Phi) is 9.10. The molecular formula is C28H43N7O2. The van der Waals surface area contributed by atoms with Crippen LogP contribution in [0.25, 0.3) is 10.9 Å². The molecule has 9 heteroatoms. The van der Waals surface area contributed by atoms with E-state index in [9.17, 15) is 4.79 Å². The summed E-state index contributed by atoms with van der Waals surface area (Å²) < 4.78 is 7.62. The SMILES string of the molecule is CCC/C=C(\N[C@@H]1CCCC[C@@H]1N)N(C)/C(C(N)=O)=C(\C)Nc1ccc2c(cnn2C2CCOCC2)c1. The maximum atomic E-state index is 12.7. The smallest absolute Gasteiger partial charge is 0.267 e. The van der Waals surface area contributed by atoms with Crippen LogP contribution in [-0.4, -0.2) is 52.9 Å². The molecule has 1 aromatic carbocycles. The summed E-state index contributed by atoms with van der Waals surface area (Å²) in [5, 5.41) is 12.7. The van der Waals surface area contributed by atoms with Crippen molar-refractivity contribution in [2.24, 2.45) is 11.5 Å². The van der Waals surface area contributed by atoms with Crippen molar-refractivity contribution >= 4 is 22.5 Å². The largest absolute Gasteiger partial charge is 0.381 e. The van der Waals surface area contributed by atoms with Crippen LogP contribution in [0.5, 0.6) is 0 Å². The standard InChI is InChI=1S/C28H43N7O2/c1-4-5-10-26(33-24-9-7-6-8-23(24)29)34(3)27(28(30)36)19(2)32-21-11-12-25-20(17-21)18-31-35(25)22-13-15-37-16-14-22/h10-12,17-18,22-24,32-33H,4-9,13-16,29H2,1-3H3,(H2,30,36)/b26-10+,27-19+/t23-,24+/m0/s1. The maximum absolute atomic E-state index is 12.7. The number of primary amides is 1. The number of ether oxygens (including phenoxy) is 1. The molecule has 1 aliphatic carbocycles. The van der Waals surface area contributed by atoms with E-state index in [2.05, 4.69) is 45.5 Å². The predicted octanol–water partition coefficient (Wildman–Crippen LogP) is 3.95. The number of unbranched alkanes of at least 4 members (excludes halogenated alkanes) is 1. The summed E-state index contributed by atoms with van der Waals surface area (Å²) >= 11 is 0. The van der Waals surface area contributed by atoms with Gasteiger partial charge >= 0.3 is 0 Å². The first-order chi connectivity index (χ1) is 17.9. The second-order valence-corrected chi connectivity index (χ2v) is 10.3. The number of hydrogen-bond acceptors (Lipinski definition) is 7. The molecule has 1 aliphatic heterocycles. The number of nitrogens with zero attached hydrogens (tertiary/aromatic N) is 3. The first-order valence-corrected chi connectivity index (χ1v) is 13.7. The molecule has 2 aromatic rings. The van der Waals surface area contributed by atoms with E-state index in [-0.39, 0.29) is 12.1 Å². The van der Waals surface area contributed by atoms with E-state index in [1.807, 2.05) is 31.1 Å². The molecule has 37 heavy (non-hydrogen) atoms. The van der Waals surface area contributed by atoms with Gasteiger partial charge in [-0.05, 0) is 63.3 Å². The average molecular weight is 510 g/mol. The molecule has 9 nitrogen and oxygen atoms in total. The second-order valence-electron chi connectivity index (χ2n) is 10.3. The molecule has 1 amide bonds. The summed E-state index contributed by atoms with van der Waals surface area (Å²) in [6.45, 7) is 5.57. The van der Waals surface area contributed by atoms with E-state index < -0.39 is 5.91 Å². The van der Waals surface area contributed by atoms with E-state index in [0.29, 0.717) is 17.4 Å². The Morgan fingerprint density at radius 1 is 1.24 bits per heavy atom. The van der Waals surface area contributed by atoms with E-state index >= 15 is 0 Å². The Bertz CT molecular complexity index is 1130. The molecule has 2 atom stereocenters. The van der Waals surface area contributed by atoms with Crippen molar-refractivity contribution in [3.05, 3.63) is 47.7 Å². The highest BCUT2D eigenvalue weighted by atomic mass is 16.5. The molecular weight excluding hydrogens is 466 g/mol. The topological polar surface area (TPSA) is 123 Å². The molecule has 1 saturated heterocycles. The van der Waals surface area contributed by atoms with Crippen molar-refractivity contribution in [2.75, 3.05) is 25.6 Å². The number of rotatable bonds is 10. The molecule has 0 radical (unpaired) electrons. The van der Waals surface area contributed by atoms with E-state index in [0.717, 1.165) is 87.0 Å². The minimum atomic E-state index is -0.488. The van der Waals surface area contributed by atoms with Crippen LogP contribution in [0.4, 0.5) is 5.69 Å². The van der Waals surface area contributed by atoms with Crippen LogP contribution in [0.2, 0.25) is 0 Å². The van der Waals surface area contributed by atoms with Crippen LogP contribution in [0.15, 0.2) is 47.7 Å². The van der Waals surface area contributed by atoms with Gasteiger partial charge < -0.3 is 31.7 Å². The van der Waals surface area contributed by atoms with Gasteiger partial charge in [0.1, 0.15) is 11.5 Å². The number of carbonyl (C=O) groups is 1. The first-order valence-electron chi connectivity index (χ1n) is 13.7. The van der Waals surface area contributed by atoms with Crippen molar-refractivity contribution in [1.29, 1.82) is 0 Å². The monoisotopic (exact) mass is 509 g/mol. The van der Waals surface area contributed by atoms with Gasteiger partial charge in [-0.25, -0.2) is 0 Å². The summed E-state index contributed by atoms with van der Waals surface area (Å²) in [6.07, 6.45) is 12.2. The number of likely N-dealkylation sites (N-methyl/N-ethyl adjacent to an activating group) is 1. The van der Waals surface area contributed by atoms with E-state index in [4.69, 9.17) is 16.2 Å². The minimum absolute atomic E-state index is 0.0983. The molecule has 2 heterocycles. The van der Waals surface area contributed by atoms with Gasteiger partial charge in [0.25, 0.3) is 5.91 Å². The predicted molar refractivity (Wildman–Crippen MR) is 148 cm³/mol. The van der Waals surface area contributed by atoms with E-state index in [1.165, 1.54) is 0 Å². The van der Waals surface area contributed by atoms with Gasteiger partial charge in [-0.3, -0.25) is 9.48 Å². The van der Waals surface area contributed by atoms with E-state index in [1.54, 1.807) is 0 Å². The van der Waals surface area contributed by atoms with Crippen LogP contribution < -0.4 is 22.1 Å². The van der Waals surface area contributed by atoms with Crippen LogP contribution in [0.1, 0.15) is 71.3 Å². The number of aromatic nitrogens is 2. The Morgan fingerprint density at radius 2 is 2.00 bits per heavy atom. The average Bonchev–Trinajstić information content (AvgIpc) is 3.31.